The number of aryl methyl sites for hydroxylation is 2. The lowest BCUT2D eigenvalue weighted by atomic mass is 10.0. The number of hydrogen-bond donors (Lipinski definition) is 1. The molecule has 1 aromatic carbocycles. The molecule has 1 N–H and O–H groups in total. The van der Waals surface area contributed by atoms with Crippen LogP contribution in [0.15, 0.2) is 46.3 Å². The van der Waals surface area contributed by atoms with Crippen LogP contribution in [0.1, 0.15) is 38.3 Å². The van der Waals surface area contributed by atoms with Crippen LogP contribution in [0.3, 0.4) is 0 Å². The van der Waals surface area contributed by atoms with Crippen LogP contribution in [0.2, 0.25) is 0 Å². The highest BCUT2D eigenvalue weighted by Crippen LogP contribution is 2.37. The molecule has 0 fully saturated rings. The number of ether oxygens (including phenoxy) is 3. The smallest absolute Gasteiger partial charge is 0.344 e. The molecule has 0 saturated carbocycles. The molecular formula is C23H23N3O6S. The average molecular weight is 470 g/mol. The minimum absolute atomic E-state index is 0.228. The Hall–Kier alpha value is -3.79. The lowest BCUT2D eigenvalue weighted by Gasteiger charge is -2.25. The van der Waals surface area contributed by atoms with Crippen molar-refractivity contribution in [3.05, 3.63) is 69.2 Å². The van der Waals surface area contributed by atoms with Crippen molar-refractivity contribution in [2.45, 2.75) is 19.9 Å². The van der Waals surface area contributed by atoms with Crippen LogP contribution in [0.25, 0.3) is 5.70 Å². The lowest BCUT2D eigenvalue weighted by molar-refractivity contribution is -0.137. The maximum atomic E-state index is 13.1. The van der Waals surface area contributed by atoms with Crippen LogP contribution >= 0.6 is 11.3 Å². The van der Waals surface area contributed by atoms with Gasteiger partial charge in [-0.05, 0) is 49.1 Å². The second-order valence-corrected chi connectivity index (χ2v) is 8.22. The van der Waals surface area contributed by atoms with Gasteiger partial charge in [-0.1, -0.05) is 17.3 Å². The predicted molar refractivity (Wildman–Crippen MR) is 121 cm³/mol. The van der Waals surface area contributed by atoms with E-state index in [1.807, 2.05) is 35.7 Å². The zero-order valence-electron chi connectivity index (χ0n) is 18.6. The number of carbonyl (C=O) groups is 2. The van der Waals surface area contributed by atoms with E-state index in [1.165, 1.54) is 5.01 Å². The van der Waals surface area contributed by atoms with E-state index < -0.39 is 24.5 Å². The van der Waals surface area contributed by atoms with Gasteiger partial charge in [0.1, 0.15) is 11.3 Å². The highest BCUT2D eigenvalue weighted by atomic mass is 32.1. The monoisotopic (exact) mass is 469 g/mol. The van der Waals surface area contributed by atoms with Crippen LogP contribution in [0.4, 0.5) is 0 Å². The molecule has 0 radical (unpaired) electrons. The summed E-state index contributed by atoms with van der Waals surface area (Å²) < 4.78 is 21.0. The third-order valence-corrected chi connectivity index (χ3v) is 6.12. The fraction of sp³-hybridized carbons (Fsp3) is 0.261. The number of hydrogen-bond acceptors (Lipinski definition) is 9. The molecule has 2 aromatic heterocycles. The SMILES string of the molecule is COc1ccc([C@H]2C=C(c3cccs3)NN2C(=O)COC(=O)c2c(C)noc2C)cc1OC. The van der Waals surface area contributed by atoms with Gasteiger partial charge in [0.15, 0.2) is 18.1 Å². The molecule has 3 aromatic rings. The maximum Gasteiger partial charge on any atom is 0.344 e. The van der Waals surface area contributed by atoms with E-state index in [1.54, 1.807) is 45.5 Å². The first kappa shape index (κ1) is 22.4. The number of benzene rings is 1. The topological polar surface area (TPSA) is 103 Å². The van der Waals surface area contributed by atoms with Gasteiger partial charge < -0.3 is 18.7 Å². The molecule has 1 atom stereocenters. The Morgan fingerprint density at radius 2 is 1.97 bits per heavy atom. The summed E-state index contributed by atoms with van der Waals surface area (Å²) in [6.07, 6.45) is 1.95. The van der Waals surface area contributed by atoms with Crippen molar-refractivity contribution in [3.8, 4) is 11.5 Å². The van der Waals surface area contributed by atoms with E-state index in [4.69, 9.17) is 18.7 Å². The number of nitrogens with one attached hydrogen (secondary N) is 1. The molecule has 33 heavy (non-hydrogen) atoms. The predicted octanol–water partition coefficient (Wildman–Crippen LogP) is 3.66. The molecule has 172 valence electrons. The van der Waals surface area contributed by atoms with Crippen LogP contribution in [-0.2, 0) is 9.53 Å². The van der Waals surface area contributed by atoms with E-state index in [0.717, 1.165) is 16.1 Å². The quantitative estimate of drug-likeness (QED) is 0.523. The van der Waals surface area contributed by atoms with Crippen molar-refractivity contribution in [2.75, 3.05) is 20.8 Å². The zero-order chi connectivity index (χ0) is 23.5. The molecule has 0 spiro atoms. The van der Waals surface area contributed by atoms with Gasteiger partial charge in [-0.15, -0.1) is 11.3 Å². The summed E-state index contributed by atoms with van der Waals surface area (Å²) in [6.45, 7) is 2.80. The van der Waals surface area contributed by atoms with Crippen LogP contribution in [-0.4, -0.2) is 42.9 Å². The zero-order valence-corrected chi connectivity index (χ0v) is 19.4. The fourth-order valence-electron chi connectivity index (χ4n) is 3.58. The summed E-state index contributed by atoms with van der Waals surface area (Å²) in [7, 11) is 3.12. The minimum atomic E-state index is -0.659. The van der Waals surface area contributed by atoms with Gasteiger partial charge in [0.25, 0.3) is 5.91 Å². The summed E-state index contributed by atoms with van der Waals surface area (Å²) in [5.41, 5.74) is 5.38. The Labute approximate surface area is 194 Å². The number of carbonyl (C=O) groups excluding carboxylic acids is 2. The summed E-state index contributed by atoms with van der Waals surface area (Å²) in [5, 5.41) is 7.15. The molecule has 1 amide bonds. The van der Waals surface area contributed by atoms with Crippen LogP contribution < -0.4 is 14.9 Å². The van der Waals surface area contributed by atoms with Crippen molar-refractivity contribution in [2.24, 2.45) is 0 Å². The molecule has 4 rings (SSSR count). The number of amides is 1. The van der Waals surface area contributed by atoms with E-state index in [-0.39, 0.29) is 5.56 Å². The van der Waals surface area contributed by atoms with Crippen molar-refractivity contribution in [1.29, 1.82) is 0 Å². The Kier molecular flexibility index (Phi) is 6.36. The normalized spacial score (nSPS) is 15.1. The van der Waals surface area contributed by atoms with E-state index >= 15 is 0 Å². The molecular weight excluding hydrogens is 446 g/mol. The molecule has 0 unspecified atom stereocenters. The molecule has 0 bridgehead atoms. The third kappa shape index (κ3) is 4.42. The molecule has 0 saturated heterocycles. The van der Waals surface area contributed by atoms with E-state index in [2.05, 4.69) is 10.6 Å². The second-order valence-electron chi connectivity index (χ2n) is 7.27. The van der Waals surface area contributed by atoms with Gasteiger partial charge in [0.05, 0.1) is 36.5 Å². The maximum absolute atomic E-state index is 13.1. The second kappa shape index (κ2) is 9.37. The van der Waals surface area contributed by atoms with Crippen molar-refractivity contribution >= 4 is 28.9 Å². The number of hydrazine groups is 1. The van der Waals surface area contributed by atoms with Gasteiger partial charge in [-0.25, -0.2) is 9.80 Å². The first-order valence-electron chi connectivity index (χ1n) is 10.1. The van der Waals surface area contributed by atoms with Gasteiger partial charge in [-0.2, -0.15) is 0 Å². The first-order valence-corrected chi connectivity index (χ1v) is 11.0. The van der Waals surface area contributed by atoms with Crippen molar-refractivity contribution in [1.82, 2.24) is 15.6 Å². The van der Waals surface area contributed by atoms with Gasteiger partial charge in [0, 0.05) is 0 Å². The summed E-state index contributed by atoms with van der Waals surface area (Å²) in [6, 6.07) is 8.90. The Balaban J connectivity index is 1.57. The highest BCUT2D eigenvalue weighted by molar-refractivity contribution is 7.11. The summed E-state index contributed by atoms with van der Waals surface area (Å²) in [5.74, 6) is 0.394. The number of aromatic nitrogens is 1. The molecule has 3 heterocycles. The Morgan fingerprint density at radius 3 is 2.61 bits per heavy atom. The number of nitrogens with zero attached hydrogens (tertiary/aromatic N) is 2. The van der Waals surface area contributed by atoms with Crippen molar-refractivity contribution < 1.29 is 28.3 Å². The Morgan fingerprint density at radius 1 is 1.18 bits per heavy atom. The molecule has 0 aliphatic carbocycles. The van der Waals surface area contributed by atoms with Gasteiger partial charge >= 0.3 is 5.97 Å². The highest BCUT2D eigenvalue weighted by Gasteiger charge is 2.32. The number of rotatable bonds is 7. The molecule has 9 nitrogen and oxygen atoms in total. The van der Waals surface area contributed by atoms with Crippen LogP contribution in [0, 0.1) is 13.8 Å². The summed E-state index contributed by atoms with van der Waals surface area (Å²) >= 11 is 1.55. The van der Waals surface area contributed by atoms with Crippen LogP contribution in [0.5, 0.6) is 11.5 Å². The van der Waals surface area contributed by atoms with Gasteiger partial charge in [-0.3, -0.25) is 10.2 Å². The number of methoxy groups -OCH3 is 2. The number of thiophene rings is 1. The molecule has 1 aliphatic heterocycles. The first-order chi connectivity index (χ1) is 15.9. The average Bonchev–Trinajstić information content (AvgIpc) is 3.57. The molecule has 1 aliphatic rings. The lowest BCUT2D eigenvalue weighted by Crippen LogP contribution is -2.42. The van der Waals surface area contributed by atoms with E-state index in [9.17, 15) is 9.59 Å². The standard InChI is InChI=1S/C23H23N3O6S/c1-13-22(14(2)32-25-13)23(28)31-12-21(27)26-17(11-16(24-26)20-6-5-9-33-20)15-7-8-18(29-3)19(10-15)30-4/h5-11,17,24H,12H2,1-4H3/t17-/m1/s1. The summed E-state index contributed by atoms with van der Waals surface area (Å²) in [4.78, 5) is 26.6. The number of esters is 1. The largest absolute Gasteiger partial charge is 0.493 e. The van der Waals surface area contributed by atoms with E-state index in [0.29, 0.717) is 23.0 Å². The van der Waals surface area contributed by atoms with Crippen molar-refractivity contribution in [3.63, 3.8) is 0 Å². The minimum Gasteiger partial charge on any atom is -0.493 e. The third-order valence-electron chi connectivity index (χ3n) is 5.21. The Bertz CT molecular complexity index is 1180. The van der Waals surface area contributed by atoms with Gasteiger partial charge in [0.2, 0.25) is 0 Å². The molecule has 10 heteroatoms. The fourth-order valence-corrected chi connectivity index (χ4v) is 4.28.